The molecule has 1 saturated carbocycles. The number of hydrogen-bond acceptors (Lipinski definition) is 1. The van der Waals surface area contributed by atoms with Crippen LogP contribution in [0.5, 0.6) is 0 Å². The highest BCUT2D eigenvalue weighted by Gasteiger charge is 2.23. The first kappa shape index (κ1) is 15.5. The molecule has 2 heteroatoms. The van der Waals surface area contributed by atoms with Gasteiger partial charge in [0.25, 0.3) is 0 Å². The highest BCUT2D eigenvalue weighted by atomic mass is 19.1. The third-order valence-electron chi connectivity index (χ3n) is 4.42. The van der Waals surface area contributed by atoms with Gasteiger partial charge in [0.15, 0.2) is 0 Å². The molecule has 3 atom stereocenters. The molecule has 0 aromatic heterocycles. The third kappa shape index (κ3) is 4.59. The van der Waals surface area contributed by atoms with Crippen LogP contribution in [0.4, 0.5) is 4.39 Å². The van der Waals surface area contributed by atoms with E-state index >= 15 is 0 Å². The zero-order valence-corrected chi connectivity index (χ0v) is 13.0. The van der Waals surface area contributed by atoms with Gasteiger partial charge in [-0.05, 0) is 55.7 Å². The lowest BCUT2D eigenvalue weighted by Crippen LogP contribution is -2.36. The van der Waals surface area contributed by atoms with Gasteiger partial charge in [0.2, 0.25) is 0 Å². The monoisotopic (exact) mass is 277 g/mol. The number of hydrogen-bond donors (Lipinski definition) is 1. The molecule has 0 amide bonds. The number of benzene rings is 1. The molecule has 0 bridgehead atoms. The summed E-state index contributed by atoms with van der Waals surface area (Å²) in [5, 5.41) is 3.70. The SMILES string of the molecule is CC(C)CC1CCCC(N[C@H](C)c2cccc(F)c2)C1. The Bertz CT molecular complexity index is 416. The molecule has 112 valence electrons. The Morgan fingerprint density at radius 3 is 2.75 bits per heavy atom. The highest BCUT2D eigenvalue weighted by Crippen LogP contribution is 2.30. The molecular weight excluding hydrogens is 249 g/mol. The van der Waals surface area contributed by atoms with Gasteiger partial charge in [-0.25, -0.2) is 4.39 Å². The summed E-state index contributed by atoms with van der Waals surface area (Å²) in [6.07, 6.45) is 6.58. The summed E-state index contributed by atoms with van der Waals surface area (Å²) in [5.74, 6) is 1.51. The van der Waals surface area contributed by atoms with Gasteiger partial charge in [-0.3, -0.25) is 0 Å². The van der Waals surface area contributed by atoms with Crippen LogP contribution in [0.1, 0.15) is 64.5 Å². The van der Waals surface area contributed by atoms with Crippen LogP contribution >= 0.6 is 0 Å². The van der Waals surface area contributed by atoms with Crippen LogP contribution < -0.4 is 5.32 Å². The molecule has 1 aromatic carbocycles. The van der Waals surface area contributed by atoms with Crippen LogP contribution in [0.3, 0.4) is 0 Å². The van der Waals surface area contributed by atoms with Crippen LogP contribution in [-0.2, 0) is 0 Å². The van der Waals surface area contributed by atoms with Crippen LogP contribution in [0.15, 0.2) is 24.3 Å². The Kier molecular flexibility index (Phi) is 5.59. The molecule has 2 rings (SSSR count). The van der Waals surface area contributed by atoms with E-state index in [-0.39, 0.29) is 11.9 Å². The van der Waals surface area contributed by atoms with Crippen molar-refractivity contribution in [1.29, 1.82) is 0 Å². The Hall–Kier alpha value is -0.890. The molecule has 1 N–H and O–H groups in total. The van der Waals surface area contributed by atoms with Gasteiger partial charge >= 0.3 is 0 Å². The van der Waals surface area contributed by atoms with Gasteiger partial charge in [0.05, 0.1) is 0 Å². The second kappa shape index (κ2) is 7.21. The maximum Gasteiger partial charge on any atom is 0.123 e. The molecule has 1 aromatic rings. The minimum absolute atomic E-state index is 0.141. The van der Waals surface area contributed by atoms with Gasteiger partial charge in [-0.15, -0.1) is 0 Å². The topological polar surface area (TPSA) is 12.0 Å². The summed E-state index contributed by atoms with van der Waals surface area (Å²) < 4.78 is 13.3. The van der Waals surface area contributed by atoms with Crippen molar-refractivity contribution in [3.63, 3.8) is 0 Å². The third-order valence-corrected chi connectivity index (χ3v) is 4.42. The number of halogens is 1. The standard InChI is InChI=1S/C18H28FN/c1-13(2)10-15-6-4-9-18(11-15)20-14(3)16-7-5-8-17(19)12-16/h5,7-8,12-15,18,20H,4,6,9-11H2,1-3H3/t14-,15?,18?/m1/s1. The quantitative estimate of drug-likeness (QED) is 0.791. The van der Waals surface area contributed by atoms with E-state index in [0.29, 0.717) is 6.04 Å². The first-order valence-electron chi connectivity index (χ1n) is 8.06. The van der Waals surface area contributed by atoms with Crippen LogP contribution in [0.2, 0.25) is 0 Å². The molecule has 20 heavy (non-hydrogen) atoms. The van der Waals surface area contributed by atoms with Crippen molar-refractivity contribution in [2.24, 2.45) is 11.8 Å². The van der Waals surface area contributed by atoms with E-state index in [1.807, 2.05) is 6.07 Å². The van der Waals surface area contributed by atoms with E-state index in [1.54, 1.807) is 12.1 Å². The van der Waals surface area contributed by atoms with Crippen molar-refractivity contribution in [2.45, 2.75) is 65.0 Å². The fraction of sp³-hybridized carbons (Fsp3) is 0.667. The Morgan fingerprint density at radius 2 is 2.05 bits per heavy atom. The summed E-state index contributed by atoms with van der Waals surface area (Å²) >= 11 is 0. The maximum absolute atomic E-state index is 13.3. The predicted octanol–water partition coefficient (Wildman–Crippen LogP) is 5.08. The van der Waals surface area contributed by atoms with Crippen LogP contribution in [0.25, 0.3) is 0 Å². The molecule has 1 fully saturated rings. The van der Waals surface area contributed by atoms with E-state index in [9.17, 15) is 4.39 Å². The Balaban J connectivity index is 1.89. The van der Waals surface area contributed by atoms with E-state index in [2.05, 4.69) is 26.1 Å². The summed E-state index contributed by atoms with van der Waals surface area (Å²) in [6.45, 7) is 6.76. The molecule has 0 spiro atoms. The molecule has 1 aliphatic rings. The molecule has 2 unspecified atom stereocenters. The van der Waals surface area contributed by atoms with Crippen molar-refractivity contribution in [3.05, 3.63) is 35.6 Å². The lowest BCUT2D eigenvalue weighted by molar-refractivity contribution is 0.242. The smallest absolute Gasteiger partial charge is 0.123 e. The van der Waals surface area contributed by atoms with Crippen molar-refractivity contribution < 1.29 is 4.39 Å². The average Bonchev–Trinajstić information content (AvgIpc) is 2.38. The van der Waals surface area contributed by atoms with Gasteiger partial charge in [-0.1, -0.05) is 38.8 Å². The molecule has 0 radical (unpaired) electrons. The zero-order chi connectivity index (χ0) is 14.5. The Morgan fingerprint density at radius 1 is 1.25 bits per heavy atom. The van der Waals surface area contributed by atoms with E-state index in [4.69, 9.17) is 0 Å². The second-order valence-corrected chi connectivity index (χ2v) is 6.80. The lowest BCUT2D eigenvalue weighted by atomic mass is 9.81. The van der Waals surface area contributed by atoms with E-state index < -0.39 is 0 Å². The van der Waals surface area contributed by atoms with Gasteiger partial charge in [-0.2, -0.15) is 0 Å². The minimum Gasteiger partial charge on any atom is -0.307 e. The summed E-state index contributed by atoms with van der Waals surface area (Å²) in [5.41, 5.74) is 1.05. The van der Waals surface area contributed by atoms with Gasteiger partial charge in [0.1, 0.15) is 5.82 Å². The molecule has 1 nitrogen and oxygen atoms in total. The summed E-state index contributed by atoms with van der Waals surface area (Å²) in [6, 6.07) is 7.78. The fourth-order valence-electron chi connectivity index (χ4n) is 3.55. The normalized spacial score (nSPS) is 24.9. The molecule has 0 saturated heterocycles. The van der Waals surface area contributed by atoms with Crippen molar-refractivity contribution in [1.82, 2.24) is 5.32 Å². The van der Waals surface area contributed by atoms with Gasteiger partial charge in [0, 0.05) is 12.1 Å². The minimum atomic E-state index is -0.141. The lowest BCUT2D eigenvalue weighted by Gasteiger charge is -2.33. The van der Waals surface area contributed by atoms with Crippen molar-refractivity contribution in [2.75, 3.05) is 0 Å². The predicted molar refractivity (Wildman–Crippen MR) is 83.2 cm³/mol. The first-order valence-corrected chi connectivity index (χ1v) is 8.06. The second-order valence-electron chi connectivity index (χ2n) is 6.80. The van der Waals surface area contributed by atoms with Crippen molar-refractivity contribution >= 4 is 0 Å². The zero-order valence-electron chi connectivity index (χ0n) is 13.0. The Labute approximate surface area is 123 Å². The maximum atomic E-state index is 13.3. The molecular formula is C18H28FN. The first-order chi connectivity index (χ1) is 9.54. The fourth-order valence-corrected chi connectivity index (χ4v) is 3.55. The van der Waals surface area contributed by atoms with Crippen LogP contribution in [-0.4, -0.2) is 6.04 Å². The van der Waals surface area contributed by atoms with Gasteiger partial charge < -0.3 is 5.32 Å². The number of rotatable bonds is 5. The molecule has 0 aliphatic heterocycles. The number of nitrogens with one attached hydrogen (secondary N) is 1. The highest BCUT2D eigenvalue weighted by molar-refractivity contribution is 5.19. The van der Waals surface area contributed by atoms with E-state index in [1.165, 1.54) is 38.2 Å². The van der Waals surface area contributed by atoms with E-state index in [0.717, 1.165) is 17.4 Å². The molecule has 1 aliphatic carbocycles. The van der Waals surface area contributed by atoms with Crippen molar-refractivity contribution in [3.8, 4) is 0 Å². The summed E-state index contributed by atoms with van der Waals surface area (Å²) in [7, 11) is 0. The largest absolute Gasteiger partial charge is 0.307 e. The summed E-state index contributed by atoms with van der Waals surface area (Å²) in [4.78, 5) is 0. The van der Waals surface area contributed by atoms with Crippen LogP contribution in [0, 0.1) is 17.7 Å². The average molecular weight is 277 g/mol. The molecule has 0 heterocycles.